The molecule has 0 spiro atoms. The Labute approximate surface area is 386 Å². The summed E-state index contributed by atoms with van der Waals surface area (Å²) in [5, 5.41) is 2.60. The second-order valence-corrected chi connectivity index (χ2v) is 18.5. The first-order chi connectivity index (χ1) is 32.5. The third-order valence-electron chi connectivity index (χ3n) is 14.5. The summed E-state index contributed by atoms with van der Waals surface area (Å²) in [4.78, 5) is 2.41. The molecular formula is C64H46N2. The highest BCUT2D eigenvalue weighted by molar-refractivity contribution is 6.12. The minimum absolute atomic E-state index is 0.154. The summed E-state index contributed by atoms with van der Waals surface area (Å²) < 4.78 is 2.49. The Morgan fingerprint density at radius 1 is 0.379 bits per heavy atom. The van der Waals surface area contributed by atoms with Gasteiger partial charge < -0.3 is 9.47 Å². The number of hydrogen-bond acceptors (Lipinski definition) is 1. The summed E-state index contributed by atoms with van der Waals surface area (Å²) in [7, 11) is 0. The summed E-state index contributed by atoms with van der Waals surface area (Å²) in [5.74, 6) is 0. The normalized spacial score (nSPS) is 13.1. The smallest absolute Gasteiger partial charge is 0.0582 e. The van der Waals surface area contributed by atoms with E-state index in [-0.39, 0.29) is 5.41 Å². The van der Waals surface area contributed by atoms with Gasteiger partial charge in [-0.15, -0.1) is 0 Å². The van der Waals surface area contributed by atoms with Crippen molar-refractivity contribution in [3.05, 3.63) is 253 Å². The zero-order chi connectivity index (χ0) is 43.9. The molecule has 0 N–H and O–H groups in total. The summed E-state index contributed by atoms with van der Waals surface area (Å²) in [5.41, 5.74) is 25.1. The fraction of sp³-hybridized carbons (Fsp3) is 0.0625. The Morgan fingerprint density at radius 3 is 1.62 bits per heavy atom. The molecule has 0 aliphatic heterocycles. The Bertz CT molecular complexity index is 3650. The van der Waals surface area contributed by atoms with Crippen LogP contribution in [-0.2, 0) is 11.8 Å². The molecular weight excluding hydrogens is 797 g/mol. The Kier molecular flexibility index (Phi) is 8.66. The van der Waals surface area contributed by atoms with E-state index in [0.29, 0.717) is 0 Å². The third-order valence-corrected chi connectivity index (χ3v) is 14.5. The van der Waals surface area contributed by atoms with Crippen molar-refractivity contribution >= 4 is 38.9 Å². The lowest BCUT2D eigenvalue weighted by Crippen LogP contribution is -2.16. The van der Waals surface area contributed by atoms with E-state index in [1.807, 2.05) is 0 Å². The fourth-order valence-electron chi connectivity index (χ4n) is 11.1. The molecule has 0 atom stereocenters. The van der Waals surface area contributed by atoms with Gasteiger partial charge in [0.15, 0.2) is 0 Å². The summed E-state index contributed by atoms with van der Waals surface area (Å²) >= 11 is 0. The Hall–Kier alpha value is -8.20. The van der Waals surface area contributed by atoms with E-state index in [1.165, 1.54) is 105 Å². The highest BCUT2D eigenvalue weighted by atomic mass is 15.1. The lowest BCUT2D eigenvalue weighted by molar-refractivity contribution is 0.660. The van der Waals surface area contributed by atoms with Crippen LogP contribution in [0.2, 0.25) is 0 Å². The molecule has 11 aromatic rings. The minimum atomic E-state index is -0.154. The monoisotopic (exact) mass is 842 g/mol. The molecule has 0 radical (unpaired) electrons. The molecule has 2 nitrogen and oxygen atoms in total. The first-order valence-electron chi connectivity index (χ1n) is 23.1. The average Bonchev–Trinajstić information content (AvgIpc) is 4.00. The molecule has 10 aromatic carbocycles. The van der Waals surface area contributed by atoms with Crippen LogP contribution in [0.15, 0.2) is 231 Å². The van der Waals surface area contributed by atoms with Crippen molar-refractivity contribution in [3.8, 4) is 61.3 Å². The molecule has 312 valence electrons. The van der Waals surface area contributed by atoms with E-state index < -0.39 is 0 Å². The van der Waals surface area contributed by atoms with Gasteiger partial charge in [-0.3, -0.25) is 0 Å². The third kappa shape index (κ3) is 6.02. The highest BCUT2D eigenvalue weighted by Gasteiger charge is 2.36. The van der Waals surface area contributed by atoms with Crippen molar-refractivity contribution in [2.75, 3.05) is 4.90 Å². The maximum absolute atomic E-state index is 2.49. The number of aromatic nitrogens is 1. The summed E-state index contributed by atoms with van der Waals surface area (Å²) in [6.45, 7) is 4.74. The summed E-state index contributed by atoms with van der Waals surface area (Å²) in [6.07, 6.45) is 0.949. The lowest BCUT2D eigenvalue weighted by atomic mass is 9.82. The van der Waals surface area contributed by atoms with Crippen LogP contribution in [0, 0.1) is 0 Å². The largest absolute Gasteiger partial charge is 0.310 e. The zero-order valence-electron chi connectivity index (χ0n) is 37.0. The van der Waals surface area contributed by atoms with Gasteiger partial charge in [-0.2, -0.15) is 0 Å². The van der Waals surface area contributed by atoms with Crippen LogP contribution >= 0.6 is 0 Å². The van der Waals surface area contributed by atoms with Gasteiger partial charge in [0.1, 0.15) is 0 Å². The number of fused-ring (bicyclic) bond motifs is 10. The van der Waals surface area contributed by atoms with Crippen molar-refractivity contribution in [3.63, 3.8) is 0 Å². The van der Waals surface area contributed by atoms with E-state index in [1.54, 1.807) is 0 Å². The first-order valence-corrected chi connectivity index (χ1v) is 23.1. The molecule has 2 aliphatic rings. The van der Waals surface area contributed by atoms with Crippen LogP contribution in [0.1, 0.15) is 36.1 Å². The fourth-order valence-corrected chi connectivity index (χ4v) is 11.1. The molecule has 0 saturated heterocycles. The predicted molar refractivity (Wildman–Crippen MR) is 278 cm³/mol. The number of rotatable bonds is 7. The maximum Gasteiger partial charge on any atom is 0.0582 e. The van der Waals surface area contributed by atoms with Gasteiger partial charge in [0.05, 0.1) is 11.0 Å². The van der Waals surface area contributed by atoms with Crippen molar-refractivity contribution in [1.82, 2.24) is 4.57 Å². The number of para-hydroxylation sites is 1. The maximum atomic E-state index is 2.49. The molecule has 66 heavy (non-hydrogen) atoms. The molecule has 2 aliphatic carbocycles. The van der Waals surface area contributed by atoms with Crippen LogP contribution < -0.4 is 4.90 Å². The highest BCUT2D eigenvalue weighted by Crippen LogP contribution is 2.52. The van der Waals surface area contributed by atoms with E-state index in [9.17, 15) is 0 Å². The molecule has 1 aromatic heterocycles. The van der Waals surface area contributed by atoms with Gasteiger partial charge in [-0.1, -0.05) is 184 Å². The van der Waals surface area contributed by atoms with Gasteiger partial charge in [-0.25, -0.2) is 0 Å². The number of nitrogens with zero attached hydrogens (tertiary/aromatic N) is 2. The van der Waals surface area contributed by atoms with Crippen LogP contribution in [0.5, 0.6) is 0 Å². The second kappa shape index (κ2) is 14.9. The van der Waals surface area contributed by atoms with Gasteiger partial charge in [0, 0.05) is 45.4 Å². The predicted octanol–water partition coefficient (Wildman–Crippen LogP) is 17.1. The van der Waals surface area contributed by atoms with E-state index in [2.05, 4.69) is 254 Å². The van der Waals surface area contributed by atoms with E-state index >= 15 is 0 Å². The second-order valence-electron chi connectivity index (χ2n) is 18.5. The SMILES string of the molecule is CC1(C)c2ccc(-c3ccccc3)cc2-c2ccc(N(c3ccc(-c4ccccc4)cc3)c3ccc(-c4ccc(-n5c6ccccc6c6ccc7c(c65)Cc5ccccc5-7)cc4)cc3)cc21. The molecule has 1 heterocycles. The van der Waals surface area contributed by atoms with Crippen molar-refractivity contribution in [2.45, 2.75) is 25.7 Å². The molecule has 0 saturated carbocycles. The van der Waals surface area contributed by atoms with Crippen molar-refractivity contribution < 1.29 is 0 Å². The molecule has 0 bridgehead atoms. The molecule has 0 fully saturated rings. The minimum Gasteiger partial charge on any atom is -0.310 e. The van der Waals surface area contributed by atoms with Crippen LogP contribution in [-0.4, -0.2) is 4.57 Å². The van der Waals surface area contributed by atoms with Crippen molar-refractivity contribution in [1.29, 1.82) is 0 Å². The van der Waals surface area contributed by atoms with Gasteiger partial charge in [0.2, 0.25) is 0 Å². The molecule has 0 unspecified atom stereocenters. The first kappa shape index (κ1) is 38.3. The lowest BCUT2D eigenvalue weighted by Gasteiger charge is -2.28. The van der Waals surface area contributed by atoms with Crippen LogP contribution in [0.25, 0.3) is 83.1 Å². The quantitative estimate of drug-likeness (QED) is 0.155. The van der Waals surface area contributed by atoms with E-state index in [4.69, 9.17) is 0 Å². The van der Waals surface area contributed by atoms with Gasteiger partial charge in [0.25, 0.3) is 0 Å². The van der Waals surface area contributed by atoms with Crippen molar-refractivity contribution in [2.24, 2.45) is 0 Å². The average molecular weight is 843 g/mol. The standard InChI is InChI=1S/C64H46N2/c1-64(2)60-38-27-47(43-15-7-4-8-16-43)39-58(60)55-35-34-52(41-61(55)64)65(49-28-21-44(22-29-49)42-13-5-3-6-14-42)50-30-23-45(24-31-50)46-25-32-51(33-26-46)66-62-20-12-11-19-56(62)57-37-36-54-53-18-10-9-17-48(53)40-59(54)63(57)66/h3-39,41H,40H2,1-2H3. The number of hydrogen-bond donors (Lipinski definition) is 0. The van der Waals surface area contributed by atoms with Crippen LogP contribution in [0.4, 0.5) is 17.1 Å². The molecule has 2 heteroatoms. The number of anilines is 3. The summed E-state index contributed by atoms with van der Waals surface area (Å²) in [6, 6.07) is 85.1. The zero-order valence-corrected chi connectivity index (χ0v) is 37.0. The van der Waals surface area contributed by atoms with Gasteiger partial charge in [-0.05, 0) is 139 Å². The molecule has 13 rings (SSSR count). The van der Waals surface area contributed by atoms with Crippen LogP contribution in [0.3, 0.4) is 0 Å². The number of benzene rings is 10. The van der Waals surface area contributed by atoms with Gasteiger partial charge >= 0.3 is 0 Å². The molecule has 0 amide bonds. The Morgan fingerprint density at radius 2 is 0.924 bits per heavy atom. The topological polar surface area (TPSA) is 8.17 Å². The van der Waals surface area contributed by atoms with E-state index in [0.717, 1.165) is 23.5 Å². The Balaban J connectivity index is 0.874.